The van der Waals surface area contributed by atoms with E-state index in [2.05, 4.69) is 27.3 Å². The van der Waals surface area contributed by atoms with Crippen LogP contribution in [0.4, 0.5) is 0 Å². The van der Waals surface area contributed by atoms with Crippen LogP contribution >= 0.6 is 0 Å². The Morgan fingerprint density at radius 2 is 2.03 bits per heavy atom. The first-order valence-corrected chi connectivity index (χ1v) is 9.40. The average molecular weight is 383 g/mol. The van der Waals surface area contributed by atoms with E-state index in [1.54, 1.807) is 12.3 Å². The van der Waals surface area contributed by atoms with E-state index in [9.17, 15) is 0 Å². The van der Waals surface area contributed by atoms with Gasteiger partial charge in [0.05, 0.1) is 29.0 Å². The Balaban J connectivity index is 1.44. The molecule has 29 heavy (non-hydrogen) atoms. The molecule has 1 atom stereocenters. The Hall–Kier alpha value is -3.69. The monoisotopic (exact) mass is 383 g/mol. The molecule has 144 valence electrons. The summed E-state index contributed by atoms with van der Waals surface area (Å²) < 4.78 is 5.88. The summed E-state index contributed by atoms with van der Waals surface area (Å²) in [5, 5.41) is 17.4. The van der Waals surface area contributed by atoms with Crippen molar-refractivity contribution in [3.63, 3.8) is 0 Å². The zero-order chi connectivity index (χ0) is 20.2. The number of fused-ring (bicyclic) bond motifs is 1. The largest absolute Gasteiger partial charge is 0.490 e. The van der Waals surface area contributed by atoms with Crippen molar-refractivity contribution in [2.24, 2.45) is 5.73 Å². The fourth-order valence-electron chi connectivity index (χ4n) is 3.31. The lowest BCUT2D eigenvalue weighted by molar-refractivity contribution is 0.286. The van der Waals surface area contributed by atoms with Crippen LogP contribution in [0.5, 0.6) is 5.75 Å². The maximum absolute atomic E-state index is 9.01. The van der Waals surface area contributed by atoms with E-state index in [0.29, 0.717) is 24.3 Å². The number of rotatable bonds is 6. The second kappa shape index (κ2) is 8.13. The summed E-state index contributed by atoms with van der Waals surface area (Å²) in [4.78, 5) is 4.31. The summed E-state index contributed by atoms with van der Waals surface area (Å²) >= 11 is 0. The molecule has 4 rings (SSSR count). The number of nitrogens with two attached hydrogens (primary N) is 1. The molecule has 4 aromatic rings. The van der Waals surface area contributed by atoms with Crippen LogP contribution in [0.1, 0.15) is 16.8 Å². The number of hydrogen-bond donors (Lipinski definition) is 2. The summed E-state index contributed by atoms with van der Waals surface area (Å²) in [6.07, 6.45) is 4.14. The van der Waals surface area contributed by atoms with Gasteiger partial charge in [0.25, 0.3) is 0 Å². The number of nitrogens with one attached hydrogen (secondary N) is 1. The molecule has 0 fully saturated rings. The minimum atomic E-state index is -0.183. The number of aryl methyl sites for hydroxylation is 1. The van der Waals surface area contributed by atoms with E-state index >= 15 is 0 Å². The Labute approximate surface area is 169 Å². The smallest absolute Gasteiger partial charge is 0.138 e. The van der Waals surface area contributed by atoms with Gasteiger partial charge in [-0.25, -0.2) is 0 Å². The predicted molar refractivity (Wildman–Crippen MR) is 112 cm³/mol. The lowest BCUT2D eigenvalue weighted by Crippen LogP contribution is -2.30. The highest BCUT2D eigenvalue weighted by Crippen LogP contribution is 2.27. The molecule has 0 radical (unpaired) electrons. The van der Waals surface area contributed by atoms with Crippen molar-refractivity contribution >= 4 is 10.9 Å². The number of H-pyrrole nitrogens is 1. The van der Waals surface area contributed by atoms with Crippen LogP contribution in [-0.4, -0.2) is 27.8 Å². The maximum atomic E-state index is 9.01. The van der Waals surface area contributed by atoms with Crippen LogP contribution in [0.25, 0.3) is 22.0 Å². The van der Waals surface area contributed by atoms with Gasteiger partial charge < -0.3 is 10.5 Å². The minimum Gasteiger partial charge on any atom is -0.490 e. The molecule has 0 saturated heterocycles. The molecule has 6 nitrogen and oxygen atoms in total. The van der Waals surface area contributed by atoms with Crippen LogP contribution < -0.4 is 10.5 Å². The molecule has 0 saturated carbocycles. The molecule has 2 aromatic heterocycles. The lowest BCUT2D eigenvalue weighted by Gasteiger charge is -2.14. The van der Waals surface area contributed by atoms with Crippen molar-refractivity contribution in [2.75, 3.05) is 6.61 Å². The molecule has 6 heteroatoms. The fourth-order valence-corrected chi connectivity index (χ4v) is 3.31. The van der Waals surface area contributed by atoms with Gasteiger partial charge >= 0.3 is 0 Å². The number of ether oxygens (including phenoxy) is 1. The molecule has 0 aliphatic carbocycles. The number of nitrogens with zero attached hydrogens (tertiary/aromatic N) is 3. The van der Waals surface area contributed by atoms with Gasteiger partial charge in [-0.05, 0) is 54.8 Å². The first-order chi connectivity index (χ1) is 14.1. The van der Waals surface area contributed by atoms with Gasteiger partial charge in [0.1, 0.15) is 12.4 Å². The van der Waals surface area contributed by atoms with Crippen LogP contribution in [0.15, 0.2) is 60.9 Å². The zero-order valence-electron chi connectivity index (χ0n) is 16.1. The zero-order valence-corrected chi connectivity index (χ0v) is 16.1. The highest BCUT2D eigenvalue weighted by Gasteiger charge is 2.09. The molecule has 0 amide bonds. The van der Waals surface area contributed by atoms with E-state index in [1.165, 1.54) is 0 Å². The van der Waals surface area contributed by atoms with E-state index in [0.717, 1.165) is 33.3 Å². The predicted octanol–water partition coefficient (Wildman–Crippen LogP) is 3.75. The van der Waals surface area contributed by atoms with Gasteiger partial charge in [-0.1, -0.05) is 18.2 Å². The molecule has 0 bridgehead atoms. The number of hydrogen-bond acceptors (Lipinski definition) is 5. The Morgan fingerprint density at radius 3 is 2.90 bits per heavy atom. The number of benzene rings is 2. The SMILES string of the molecule is Cc1n[nH]c2ccc(-c3cncc(OC[C@@H](N)Cc4cccc(C#N)c4)c3)cc12. The number of aromatic amines is 1. The van der Waals surface area contributed by atoms with Crippen LogP contribution in [0, 0.1) is 18.3 Å². The summed E-state index contributed by atoms with van der Waals surface area (Å²) in [6.45, 7) is 2.34. The number of nitriles is 1. The third-order valence-electron chi connectivity index (χ3n) is 4.82. The summed E-state index contributed by atoms with van der Waals surface area (Å²) in [7, 11) is 0. The lowest BCUT2D eigenvalue weighted by atomic mass is 10.0. The quantitative estimate of drug-likeness (QED) is 0.528. The van der Waals surface area contributed by atoms with Crippen molar-refractivity contribution in [3.8, 4) is 22.9 Å². The molecular weight excluding hydrogens is 362 g/mol. The molecule has 0 aliphatic heterocycles. The van der Waals surface area contributed by atoms with Gasteiger partial charge in [0.2, 0.25) is 0 Å². The van der Waals surface area contributed by atoms with Gasteiger partial charge in [-0.2, -0.15) is 10.4 Å². The highest BCUT2D eigenvalue weighted by molar-refractivity contribution is 5.86. The maximum Gasteiger partial charge on any atom is 0.138 e. The summed E-state index contributed by atoms with van der Waals surface area (Å²) in [5.41, 5.74) is 11.9. The van der Waals surface area contributed by atoms with E-state index in [1.807, 2.05) is 49.5 Å². The van der Waals surface area contributed by atoms with E-state index < -0.39 is 0 Å². The van der Waals surface area contributed by atoms with Crippen LogP contribution in [0.2, 0.25) is 0 Å². The third kappa shape index (κ3) is 4.26. The minimum absolute atomic E-state index is 0.183. The summed E-state index contributed by atoms with van der Waals surface area (Å²) in [6, 6.07) is 17.6. The number of aromatic nitrogens is 3. The Morgan fingerprint density at radius 1 is 1.14 bits per heavy atom. The first kappa shape index (κ1) is 18.7. The Bertz CT molecular complexity index is 1190. The molecule has 0 unspecified atom stereocenters. The van der Waals surface area contributed by atoms with Gasteiger partial charge in [-0.15, -0.1) is 0 Å². The highest BCUT2D eigenvalue weighted by atomic mass is 16.5. The molecule has 0 aliphatic rings. The van der Waals surface area contributed by atoms with Crippen LogP contribution in [0.3, 0.4) is 0 Å². The van der Waals surface area contributed by atoms with Crippen molar-refractivity contribution < 1.29 is 4.74 Å². The molecule has 2 aromatic carbocycles. The van der Waals surface area contributed by atoms with E-state index in [4.69, 9.17) is 15.7 Å². The summed E-state index contributed by atoms with van der Waals surface area (Å²) in [5.74, 6) is 0.674. The van der Waals surface area contributed by atoms with E-state index in [-0.39, 0.29) is 6.04 Å². The van der Waals surface area contributed by atoms with Crippen molar-refractivity contribution in [2.45, 2.75) is 19.4 Å². The normalized spacial score (nSPS) is 11.9. The average Bonchev–Trinajstić information content (AvgIpc) is 3.13. The second-order valence-corrected chi connectivity index (χ2v) is 7.07. The third-order valence-corrected chi connectivity index (χ3v) is 4.82. The van der Waals surface area contributed by atoms with Crippen molar-refractivity contribution in [1.29, 1.82) is 5.26 Å². The Kier molecular flexibility index (Phi) is 5.23. The number of pyridine rings is 1. The fraction of sp³-hybridized carbons (Fsp3) is 0.174. The van der Waals surface area contributed by atoms with Crippen molar-refractivity contribution in [1.82, 2.24) is 15.2 Å². The topological polar surface area (TPSA) is 101 Å². The second-order valence-electron chi connectivity index (χ2n) is 7.07. The molecular formula is C23H21N5O. The van der Waals surface area contributed by atoms with Gasteiger partial charge in [0.15, 0.2) is 0 Å². The molecule has 3 N–H and O–H groups in total. The van der Waals surface area contributed by atoms with Gasteiger partial charge in [0, 0.05) is 23.2 Å². The first-order valence-electron chi connectivity index (χ1n) is 9.40. The molecule has 2 heterocycles. The van der Waals surface area contributed by atoms with Gasteiger partial charge in [-0.3, -0.25) is 10.1 Å². The molecule has 0 spiro atoms. The van der Waals surface area contributed by atoms with Crippen LogP contribution in [-0.2, 0) is 6.42 Å². The van der Waals surface area contributed by atoms with Crippen molar-refractivity contribution in [3.05, 3.63) is 77.7 Å². The standard InChI is InChI=1S/C23H21N5O/c1-15-22-10-18(5-6-23(22)28-27-15)19-9-21(13-26-12-19)29-14-20(25)8-16-3-2-4-17(7-16)11-24/h2-7,9-10,12-13,20H,8,14,25H2,1H3,(H,27,28)/t20-/m0/s1.